The Morgan fingerprint density at radius 3 is 1.96 bits per heavy atom. The summed E-state index contributed by atoms with van der Waals surface area (Å²) < 4.78 is 0. The fourth-order valence-corrected chi connectivity index (χ4v) is 2.16. The minimum Gasteiger partial charge on any atom is -0.326 e. The van der Waals surface area contributed by atoms with Gasteiger partial charge in [0.15, 0.2) is 0 Å². The van der Waals surface area contributed by atoms with Crippen molar-refractivity contribution in [1.82, 2.24) is 4.90 Å². The lowest BCUT2D eigenvalue weighted by molar-refractivity contribution is -0.116. The Balaban J connectivity index is 0.00000312. The number of anilines is 2. The van der Waals surface area contributed by atoms with Crippen molar-refractivity contribution in [3.8, 4) is 0 Å². The Labute approximate surface area is 166 Å². The van der Waals surface area contributed by atoms with Gasteiger partial charge < -0.3 is 21.3 Å². The first-order valence-electron chi connectivity index (χ1n) is 7.63. The zero-order valence-corrected chi connectivity index (χ0v) is 16.3. The molecule has 26 heavy (non-hydrogen) atoms. The topological polar surface area (TPSA) is 87.5 Å². The van der Waals surface area contributed by atoms with Gasteiger partial charge in [-0.25, -0.2) is 0 Å². The molecule has 4 N–H and O–H groups in total. The van der Waals surface area contributed by atoms with Gasteiger partial charge in [0, 0.05) is 12.1 Å². The van der Waals surface area contributed by atoms with E-state index in [0.29, 0.717) is 23.5 Å². The summed E-state index contributed by atoms with van der Waals surface area (Å²) in [6.45, 7) is 0.700. The van der Waals surface area contributed by atoms with Crippen LogP contribution in [0, 0.1) is 0 Å². The Morgan fingerprint density at radius 2 is 1.46 bits per heavy atom. The third kappa shape index (κ3) is 7.01. The molecule has 0 radical (unpaired) electrons. The van der Waals surface area contributed by atoms with Gasteiger partial charge in [0.25, 0.3) is 5.91 Å². The molecule has 0 atom stereocenters. The first-order valence-corrected chi connectivity index (χ1v) is 7.63. The number of halogens is 2. The van der Waals surface area contributed by atoms with Crippen molar-refractivity contribution in [3.05, 3.63) is 59.7 Å². The van der Waals surface area contributed by atoms with E-state index in [1.54, 1.807) is 41.3 Å². The van der Waals surface area contributed by atoms with E-state index in [4.69, 9.17) is 5.73 Å². The van der Waals surface area contributed by atoms with Gasteiger partial charge in [-0.05, 0) is 43.9 Å². The van der Waals surface area contributed by atoms with Gasteiger partial charge in [-0.1, -0.05) is 24.3 Å². The molecule has 6 nitrogen and oxygen atoms in total. The van der Waals surface area contributed by atoms with E-state index >= 15 is 0 Å². The Morgan fingerprint density at radius 1 is 0.923 bits per heavy atom. The summed E-state index contributed by atoms with van der Waals surface area (Å²) >= 11 is 0. The lowest BCUT2D eigenvalue weighted by atomic mass is 10.1. The molecule has 0 heterocycles. The highest BCUT2D eigenvalue weighted by molar-refractivity contribution is 6.07. The van der Waals surface area contributed by atoms with Crippen LogP contribution < -0.4 is 16.4 Å². The minimum atomic E-state index is -0.243. The summed E-state index contributed by atoms with van der Waals surface area (Å²) in [5.74, 6) is -0.387. The summed E-state index contributed by atoms with van der Waals surface area (Å²) in [6, 6.07) is 14.2. The number of nitrogens with one attached hydrogen (secondary N) is 2. The maximum atomic E-state index is 12.4. The summed E-state index contributed by atoms with van der Waals surface area (Å²) in [5.41, 5.74) is 8.17. The Hall–Kier alpha value is -2.12. The van der Waals surface area contributed by atoms with Crippen LogP contribution in [0.25, 0.3) is 0 Å². The van der Waals surface area contributed by atoms with Gasteiger partial charge in [0.05, 0.1) is 17.9 Å². The molecular weight excluding hydrogens is 375 g/mol. The van der Waals surface area contributed by atoms with Crippen molar-refractivity contribution >= 4 is 48.0 Å². The monoisotopic (exact) mass is 398 g/mol. The van der Waals surface area contributed by atoms with Gasteiger partial charge >= 0.3 is 0 Å². The van der Waals surface area contributed by atoms with Crippen LogP contribution in [0.2, 0.25) is 0 Å². The molecule has 0 aliphatic carbocycles. The Bertz CT molecular complexity index is 721. The van der Waals surface area contributed by atoms with Crippen LogP contribution in [-0.2, 0) is 11.3 Å². The normalized spacial score (nSPS) is 9.69. The molecule has 2 rings (SSSR count). The second-order valence-electron chi connectivity index (χ2n) is 5.69. The van der Waals surface area contributed by atoms with Crippen LogP contribution in [0.4, 0.5) is 11.4 Å². The highest BCUT2D eigenvalue weighted by Crippen LogP contribution is 2.21. The molecule has 0 unspecified atom stereocenters. The lowest BCUT2D eigenvalue weighted by Crippen LogP contribution is -2.27. The molecule has 8 heteroatoms. The predicted molar refractivity (Wildman–Crippen MR) is 110 cm³/mol. The van der Waals surface area contributed by atoms with Crippen molar-refractivity contribution in [1.29, 1.82) is 0 Å². The SMILES string of the molecule is CN(C)CC(=O)Nc1ccccc1NC(=O)c1ccc(CN)cc1.Cl.Cl. The molecule has 0 bridgehead atoms. The fourth-order valence-electron chi connectivity index (χ4n) is 2.16. The van der Waals surface area contributed by atoms with Gasteiger partial charge in [0.1, 0.15) is 0 Å². The number of nitrogens with two attached hydrogens (primary N) is 1. The molecule has 0 aliphatic heterocycles. The van der Waals surface area contributed by atoms with E-state index in [9.17, 15) is 9.59 Å². The molecular formula is C18H24Cl2N4O2. The molecule has 0 aromatic heterocycles. The van der Waals surface area contributed by atoms with Crippen molar-refractivity contribution in [2.45, 2.75) is 6.54 Å². The van der Waals surface area contributed by atoms with Crippen LogP contribution in [0.5, 0.6) is 0 Å². The number of hydrogen-bond acceptors (Lipinski definition) is 4. The van der Waals surface area contributed by atoms with E-state index in [0.717, 1.165) is 5.56 Å². The average Bonchev–Trinajstić information content (AvgIpc) is 2.56. The maximum Gasteiger partial charge on any atom is 0.255 e. The Kier molecular flexibility index (Phi) is 10.6. The van der Waals surface area contributed by atoms with E-state index in [-0.39, 0.29) is 43.2 Å². The predicted octanol–water partition coefficient (Wildman–Crippen LogP) is 2.74. The number of benzene rings is 2. The van der Waals surface area contributed by atoms with Crippen molar-refractivity contribution in [2.75, 3.05) is 31.3 Å². The van der Waals surface area contributed by atoms with Gasteiger partial charge in [-0.3, -0.25) is 9.59 Å². The standard InChI is InChI=1S/C18H22N4O2.2ClH/c1-22(2)12-17(23)20-15-5-3-4-6-16(15)21-18(24)14-9-7-13(11-19)8-10-14;;/h3-10H,11-12,19H2,1-2H3,(H,20,23)(H,21,24);2*1H. The van der Waals surface area contributed by atoms with Crippen molar-refractivity contribution in [3.63, 3.8) is 0 Å². The lowest BCUT2D eigenvalue weighted by Gasteiger charge is -2.14. The number of nitrogens with zero attached hydrogens (tertiary/aromatic N) is 1. The summed E-state index contributed by atoms with van der Waals surface area (Å²) in [5, 5.41) is 5.63. The number of hydrogen-bond donors (Lipinski definition) is 3. The van der Waals surface area contributed by atoms with Crippen LogP contribution in [0.15, 0.2) is 48.5 Å². The molecule has 0 spiro atoms. The number of rotatable bonds is 6. The van der Waals surface area contributed by atoms with E-state index in [1.807, 2.05) is 26.2 Å². The van der Waals surface area contributed by atoms with E-state index in [2.05, 4.69) is 10.6 Å². The highest BCUT2D eigenvalue weighted by Gasteiger charge is 2.11. The second kappa shape index (κ2) is 11.5. The van der Waals surface area contributed by atoms with Crippen LogP contribution in [0.3, 0.4) is 0 Å². The molecule has 142 valence electrons. The molecule has 2 aromatic carbocycles. The van der Waals surface area contributed by atoms with Crippen molar-refractivity contribution < 1.29 is 9.59 Å². The smallest absolute Gasteiger partial charge is 0.255 e. The maximum absolute atomic E-state index is 12.4. The van der Waals surface area contributed by atoms with Gasteiger partial charge in [-0.15, -0.1) is 24.8 Å². The third-order valence-corrected chi connectivity index (χ3v) is 3.36. The number of carbonyl (C=O) groups excluding carboxylic acids is 2. The average molecular weight is 399 g/mol. The number of amides is 2. The summed E-state index contributed by atoms with van der Waals surface area (Å²) in [7, 11) is 3.64. The number of likely N-dealkylation sites (N-methyl/N-ethyl adjacent to an activating group) is 1. The molecule has 0 fully saturated rings. The largest absolute Gasteiger partial charge is 0.326 e. The second-order valence-corrected chi connectivity index (χ2v) is 5.69. The quantitative estimate of drug-likeness (QED) is 0.697. The number of para-hydroxylation sites is 2. The number of carbonyl (C=O) groups is 2. The van der Waals surface area contributed by atoms with E-state index in [1.165, 1.54) is 0 Å². The van der Waals surface area contributed by atoms with Crippen LogP contribution in [0.1, 0.15) is 15.9 Å². The highest BCUT2D eigenvalue weighted by atomic mass is 35.5. The third-order valence-electron chi connectivity index (χ3n) is 3.36. The van der Waals surface area contributed by atoms with Gasteiger partial charge in [0.2, 0.25) is 5.91 Å². The minimum absolute atomic E-state index is 0. The van der Waals surface area contributed by atoms with Crippen LogP contribution >= 0.6 is 24.8 Å². The van der Waals surface area contributed by atoms with Crippen molar-refractivity contribution in [2.24, 2.45) is 5.73 Å². The summed E-state index contributed by atoms with van der Waals surface area (Å²) in [4.78, 5) is 26.1. The van der Waals surface area contributed by atoms with Crippen LogP contribution in [-0.4, -0.2) is 37.4 Å². The van der Waals surface area contributed by atoms with E-state index < -0.39 is 0 Å². The van der Waals surface area contributed by atoms with Gasteiger partial charge in [-0.2, -0.15) is 0 Å². The molecule has 2 aromatic rings. The first-order chi connectivity index (χ1) is 11.5. The fraction of sp³-hybridized carbons (Fsp3) is 0.222. The molecule has 0 saturated heterocycles. The molecule has 0 saturated carbocycles. The molecule has 0 aliphatic rings. The zero-order valence-electron chi connectivity index (χ0n) is 14.7. The first kappa shape index (κ1) is 23.9. The molecule has 2 amide bonds. The summed E-state index contributed by atoms with van der Waals surface area (Å²) in [6.07, 6.45) is 0. The zero-order chi connectivity index (χ0) is 17.5.